The Bertz CT molecular complexity index is 263. The van der Waals surface area contributed by atoms with Crippen LogP contribution >= 0.6 is 0 Å². The van der Waals surface area contributed by atoms with Gasteiger partial charge in [0.15, 0.2) is 0 Å². The Balaban J connectivity index is 2.62. The van der Waals surface area contributed by atoms with E-state index in [1.807, 2.05) is 6.92 Å². The first-order valence-corrected chi connectivity index (χ1v) is 6.35. The summed E-state index contributed by atoms with van der Waals surface area (Å²) in [6.07, 6.45) is 2.94. The number of aliphatic hydroxyl groups is 1. The van der Waals surface area contributed by atoms with Gasteiger partial charge in [-0.25, -0.2) is 0 Å². The van der Waals surface area contributed by atoms with E-state index in [2.05, 4.69) is 21.0 Å². The van der Waals surface area contributed by atoms with Gasteiger partial charge >= 0.3 is 0 Å². The zero-order chi connectivity index (χ0) is 12.4. The molecule has 1 saturated carbocycles. The molecule has 1 rings (SSSR count). The number of Topliss-reactive ketones (excluding diaryl/α,β-unsaturated/α-hetero) is 1. The Morgan fingerprint density at radius 1 is 1.50 bits per heavy atom. The molecule has 0 radical (unpaired) electrons. The van der Waals surface area contributed by atoms with E-state index >= 15 is 0 Å². The summed E-state index contributed by atoms with van der Waals surface area (Å²) in [6, 6.07) is 0. The summed E-state index contributed by atoms with van der Waals surface area (Å²) in [7, 11) is 4.31. The fraction of sp³-hybridized carbons (Fsp3) is 0.923. The zero-order valence-electron chi connectivity index (χ0n) is 11.1. The first-order valence-electron chi connectivity index (χ1n) is 6.35. The Labute approximate surface area is 99.0 Å². The van der Waals surface area contributed by atoms with Crippen LogP contribution in [0.2, 0.25) is 0 Å². The van der Waals surface area contributed by atoms with Gasteiger partial charge in [0, 0.05) is 12.3 Å². The number of quaternary nitrogens is 1. The molecule has 1 aliphatic carbocycles. The average Bonchev–Trinajstić information content (AvgIpc) is 2.10. The highest BCUT2D eigenvalue weighted by molar-refractivity contribution is 5.81. The summed E-state index contributed by atoms with van der Waals surface area (Å²) in [5.74, 6) is 0.339. The Hall–Kier alpha value is -0.410. The molecule has 1 N–H and O–H groups in total. The van der Waals surface area contributed by atoms with Gasteiger partial charge in [-0.3, -0.25) is 4.79 Å². The average molecular weight is 228 g/mol. The number of hydrogen-bond donors (Lipinski definition) is 1. The fourth-order valence-electron chi connectivity index (χ4n) is 3.01. The van der Waals surface area contributed by atoms with Crippen LogP contribution in [0.25, 0.3) is 0 Å². The summed E-state index contributed by atoms with van der Waals surface area (Å²) in [4.78, 5) is 11.5. The van der Waals surface area contributed by atoms with Crippen LogP contribution in [0.15, 0.2) is 0 Å². The van der Waals surface area contributed by atoms with E-state index < -0.39 is 5.60 Å². The van der Waals surface area contributed by atoms with Crippen molar-refractivity contribution in [1.29, 1.82) is 0 Å². The molecule has 0 bridgehead atoms. The molecule has 0 aromatic rings. The van der Waals surface area contributed by atoms with E-state index in [0.29, 0.717) is 25.0 Å². The SMILES string of the molecule is CCC[N+](C)(C)CC1(O)CCC(=O)C(C)C1. The van der Waals surface area contributed by atoms with Crippen LogP contribution in [0.1, 0.15) is 39.5 Å². The van der Waals surface area contributed by atoms with Gasteiger partial charge in [-0.2, -0.15) is 0 Å². The molecule has 0 aromatic carbocycles. The molecular weight excluding hydrogens is 202 g/mol. The van der Waals surface area contributed by atoms with Gasteiger partial charge in [0.1, 0.15) is 17.9 Å². The van der Waals surface area contributed by atoms with Gasteiger partial charge in [-0.1, -0.05) is 13.8 Å². The molecule has 1 aliphatic rings. The first-order chi connectivity index (χ1) is 7.28. The molecule has 3 heteroatoms. The minimum Gasteiger partial charge on any atom is -0.384 e. The van der Waals surface area contributed by atoms with Gasteiger partial charge < -0.3 is 9.59 Å². The summed E-state index contributed by atoms with van der Waals surface area (Å²) in [5, 5.41) is 10.6. The summed E-state index contributed by atoms with van der Waals surface area (Å²) >= 11 is 0. The van der Waals surface area contributed by atoms with E-state index in [0.717, 1.165) is 24.0 Å². The van der Waals surface area contributed by atoms with Crippen molar-refractivity contribution in [2.75, 3.05) is 27.2 Å². The van der Waals surface area contributed by atoms with Crippen molar-refractivity contribution in [2.24, 2.45) is 5.92 Å². The molecule has 0 aliphatic heterocycles. The maximum atomic E-state index is 11.5. The highest BCUT2D eigenvalue weighted by Crippen LogP contribution is 2.31. The topological polar surface area (TPSA) is 37.3 Å². The van der Waals surface area contributed by atoms with Crippen LogP contribution in [0.5, 0.6) is 0 Å². The van der Waals surface area contributed by atoms with Crippen molar-refractivity contribution < 1.29 is 14.4 Å². The predicted molar refractivity (Wildman–Crippen MR) is 65.1 cm³/mol. The number of rotatable bonds is 4. The molecule has 2 atom stereocenters. The molecule has 0 saturated heterocycles. The maximum Gasteiger partial charge on any atom is 0.135 e. The lowest BCUT2D eigenvalue weighted by molar-refractivity contribution is -0.897. The quantitative estimate of drug-likeness (QED) is 0.742. The third-order valence-electron chi connectivity index (χ3n) is 3.62. The van der Waals surface area contributed by atoms with Crippen LogP contribution in [0.3, 0.4) is 0 Å². The third-order valence-corrected chi connectivity index (χ3v) is 3.62. The van der Waals surface area contributed by atoms with E-state index in [-0.39, 0.29) is 5.92 Å². The smallest absolute Gasteiger partial charge is 0.135 e. The van der Waals surface area contributed by atoms with E-state index in [1.54, 1.807) is 0 Å². The van der Waals surface area contributed by atoms with E-state index in [9.17, 15) is 9.90 Å². The van der Waals surface area contributed by atoms with Crippen molar-refractivity contribution >= 4 is 5.78 Å². The second-order valence-corrected chi connectivity index (χ2v) is 6.11. The van der Waals surface area contributed by atoms with Crippen molar-refractivity contribution in [3.63, 3.8) is 0 Å². The number of ketones is 1. The zero-order valence-corrected chi connectivity index (χ0v) is 11.1. The molecule has 94 valence electrons. The highest BCUT2D eigenvalue weighted by Gasteiger charge is 2.41. The lowest BCUT2D eigenvalue weighted by Crippen LogP contribution is -2.54. The maximum absolute atomic E-state index is 11.5. The van der Waals surface area contributed by atoms with Gasteiger partial charge in [0.25, 0.3) is 0 Å². The molecule has 2 unspecified atom stereocenters. The Morgan fingerprint density at radius 2 is 2.12 bits per heavy atom. The van der Waals surface area contributed by atoms with Crippen LogP contribution < -0.4 is 0 Å². The standard InChI is InChI=1S/C13H26NO2/c1-5-8-14(3,4)10-13(16)7-6-12(15)11(2)9-13/h11,16H,5-10H2,1-4H3/q+1. The number of hydrogen-bond acceptors (Lipinski definition) is 2. The number of carbonyl (C=O) groups excluding carboxylic acids is 1. The minimum absolute atomic E-state index is 0.0281. The Kier molecular flexibility index (Phi) is 4.13. The lowest BCUT2D eigenvalue weighted by atomic mass is 9.77. The van der Waals surface area contributed by atoms with Gasteiger partial charge in [-0.15, -0.1) is 0 Å². The molecule has 0 spiro atoms. The number of nitrogens with zero attached hydrogens (tertiary/aromatic N) is 1. The Morgan fingerprint density at radius 3 is 2.62 bits per heavy atom. The molecule has 0 amide bonds. The van der Waals surface area contributed by atoms with Crippen molar-refractivity contribution in [2.45, 2.75) is 45.1 Å². The molecule has 0 heterocycles. The molecule has 0 aromatic heterocycles. The van der Waals surface area contributed by atoms with E-state index in [4.69, 9.17) is 0 Å². The lowest BCUT2D eigenvalue weighted by Gasteiger charge is -2.41. The largest absolute Gasteiger partial charge is 0.384 e. The monoisotopic (exact) mass is 228 g/mol. The molecule has 1 fully saturated rings. The van der Waals surface area contributed by atoms with Crippen LogP contribution in [-0.4, -0.2) is 48.2 Å². The minimum atomic E-state index is -0.633. The number of carbonyl (C=O) groups is 1. The van der Waals surface area contributed by atoms with Crippen LogP contribution in [0, 0.1) is 5.92 Å². The van der Waals surface area contributed by atoms with Gasteiger partial charge in [0.2, 0.25) is 0 Å². The van der Waals surface area contributed by atoms with E-state index in [1.165, 1.54) is 0 Å². The second kappa shape index (κ2) is 4.84. The normalized spacial score (nSPS) is 31.8. The van der Waals surface area contributed by atoms with Crippen molar-refractivity contribution in [3.8, 4) is 0 Å². The summed E-state index contributed by atoms with van der Waals surface area (Å²) in [6.45, 7) is 5.94. The molecule has 3 nitrogen and oxygen atoms in total. The van der Waals surface area contributed by atoms with Crippen molar-refractivity contribution in [1.82, 2.24) is 0 Å². The van der Waals surface area contributed by atoms with Crippen LogP contribution in [-0.2, 0) is 4.79 Å². The predicted octanol–water partition coefficient (Wildman–Crippen LogP) is 1.59. The number of likely N-dealkylation sites (N-methyl/N-ethyl adjacent to an activating group) is 1. The molecule has 16 heavy (non-hydrogen) atoms. The first kappa shape index (κ1) is 13.7. The van der Waals surface area contributed by atoms with Crippen molar-refractivity contribution in [3.05, 3.63) is 0 Å². The van der Waals surface area contributed by atoms with Gasteiger partial charge in [-0.05, 0) is 19.3 Å². The summed E-state index contributed by atoms with van der Waals surface area (Å²) in [5.41, 5.74) is -0.633. The highest BCUT2D eigenvalue weighted by atomic mass is 16.3. The fourth-order valence-corrected chi connectivity index (χ4v) is 3.01. The summed E-state index contributed by atoms with van der Waals surface area (Å²) < 4.78 is 0.841. The van der Waals surface area contributed by atoms with Crippen LogP contribution in [0.4, 0.5) is 0 Å². The third kappa shape index (κ3) is 3.56. The second-order valence-electron chi connectivity index (χ2n) is 6.11. The molecular formula is C13H26NO2+. The van der Waals surface area contributed by atoms with Gasteiger partial charge in [0.05, 0.1) is 20.6 Å².